The highest BCUT2D eigenvalue weighted by molar-refractivity contribution is 5.90. The van der Waals surface area contributed by atoms with Gasteiger partial charge < -0.3 is 14.8 Å². The number of ether oxygens (including phenoxy) is 2. The molecule has 0 bridgehead atoms. The van der Waals surface area contributed by atoms with Crippen molar-refractivity contribution >= 4 is 11.6 Å². The molecule has 1 saturated heterocycles. The normalized spacial score (nSPS) is 16.4. The molecule has 0 saturated carbocycles. The maximum Gasteiger partial charge on any atom is 0.221 e. The molecule has 86 valence electrons. The minimum Gasteiger partial charge on any atom is -0.345 e. The van der Waals surface area contributed by atoms with Crippen molar-refractivity contribution < 1.29 is 14.3 Å². The summed E-state index contributed by atoms with van der Waals surface area (Å²) >= 11 is 0. The first-order chi connectivity index (χ1) is 7.68. The summed E-state index contributed by atoms with van der Waals surface area (Å²) in [5.74, 6) is -0.129. The van der Waals surface area contributed by atoms with Crippen LogP contribution in [-0.4, -0.2) is 24.1 Å². The molecule has 1 fully saturated rings. The monoisotopic (exact) mass is 222 g/mol. The third-order valence-corrected chi connectivity index (χ3v) is 2.33. The highest BCUT2D eigenvalue weighted by Crippen LogP contribution is 2.29. The lowest BCUT2D eigenvalue weighted by Crippen LogP contribution is -2.13. The Morgan fingerprint density at radius 2 is 2.19 bits per heavy atom. The molecule has 0 radical (unpaired) electrons. The molecule has 1 aromatic rings. The van der Waals surface area contributed by atoms with Gasteiger partial charge in [0.1, 0.15) is 5.69 Å². The summed E-state index contributed by atoms with van der Waals surface area (Å²) < 4.78 is 10.8. The summed E-state index contributed by atoms with van der Waals surface area (Å²) in [6.07, 6.45) is 1.21. The van der Waals surface area contributed by atoms with Crippen LogP contribution in [0.5, 0.6) is 0 Å². The lowest BCUT2D eigenvalue weighted by molar-refractivity contribution is -0.114. The molecule has 0 spiro atoms. The van der Waals surface area contributed by atoms with Gasteiger partial charge >= 0.3 is 0 Å². The lowest BCUT2D eigenvalue weighted by Gasteiger charge is -2.15. The first-order valence-electron chi connectivity index (χ1n) is 5.15. The molecule has 1 amide bonds. The third kappa shape index (κ3) is 2.20. The number of rotatable bonds is 2. The van der Waals surface area contributed by atoms with Gasteiger partial charge in [-0.25, -0.2) is 0 Å². The van der Waals surface area contributed by atoms with Crippen molar-refractivity contribution in [1.82, 2.24) is 4.98 Å². The molecular weight excluding hydrogens is 208 g/mol. The van der Waals surface area contributed by atoms with E-state index in [0.29, 0.717) is 24.6 Å². The fourth-order valence-electron chi connectivity index (χ4n) is 1.61. The number of anilines is 1. The van der Waals surface area contributed by atoms with Crippen molar-refractivity contribution in [2.45, 2.75) is 20.1 Å². The van der Waals surface area contributed by atoms with Crippen molar-refractivity contribution in [3.63, 3.8) is 0 Å². The second-order valence-electron chi connectivity index (χ2n) is 3.64. The number of hydrogen-bond acceptors (Lipinski definition) is 4. The van der Waals surface area contributed by atoms with Crippen molar-refractivity contribution in [2.24, 2.45) is 0 Å². The predicted octanol–water partition coefficient (Wildman–Crippen LogP) is 1.39. The summed E-state index contributed by atoms with van der Waals surface area (Å²) in [5, 5.41) is 2.76. The first-order valence-corrected chi connectivity index (χ1v) is 5.15. The van der Waals surface area contributed by atoms with E-state index < -0.39 is 6.29 Å². The smallest absolute Gasteiger partial charge is 0.221 e. The molecule has 1 aliphatic rings. The summed E-state index contributed by atoms with van der Waals surface area (Å²) in [6.45, 7) is 4.48. The average Bonchev–Trinajstić information content (AvgIpc) is 2.73. The Morgan fingerprint density at radius 3 is 2.81 bits per heavy atom. The van der Waals surface area contributed by atoms with Crippen LogP contribution in [-0.2, 0) is 14.3 Å². The summed E-state index contributed by atoms with van der Waals surface area (Å²) in [7, 11) is 0. The van der Waals surface area contributed by atoms with E-state index >= 15 is 0 Å². The molecule has 0 unspecified atom stereocenters. The fraction of sp³-hybridized carbons (Fsp3) is 0.455. The quantitative estimate of drug-likeness (QED) is 0.821. The zero-order valence-corrected chi connectivity index (χ0v) is 9.32. The number of aryl methyl sites for hydroxylation is 1. The second kappa shape index (κ2) is 4.59. The van der Waals surface area contributed by atoms with E-state index in [1.165, 1.54) is 6.92 Å². The van der Waals surface area contributed by atoms with Crippen LogP contribution in [0.15, 0.2) is 12.3 Å². The van der Waals surface area contributed by atoms with Gasteiger partial charge in [-0.2, -0.15) is 0 Å². The maximum absolute atomic E-state index is 11.1. The molecular formula is C11H14N2O3. The zero-order chi connectivity index (χ0) is 11.5. The van der Waals surface area contributed by atoms with Gasteiger partial charge in [-0.1, -0.05) is 0 Å². The largest absolute Gasteiger partial charge is 0.345 e. The molecule has 0 aromatic carbocycles. The van der Waals surface area contributed by atoms with Crippen LogP contribution in [0.25, 0.3) is 0 Å². The SMILES string of the molecule is CC(=O)Nc1c(C)ccnc1C1OCCO1. The number of nitrogens with one attached hydrogen (secondary N) is 1. The Labute approximate surface area is 93.8 Å². The van der Waals surface area contributed by atoms with Crippen LogP contribution in [0.3, 0.4) is 0 Å². The van der Waals surface area contributed by atoms with Crippen molar-refractivity contribution in [3.8, 4) is 0 Å². The molecule has 0 atom stereocenters. The summed E-state index contributed by atoms with van der Waals surface area (Å²) in [6, 6.07) is 1.84. The van der Waals surface area contributed by atoms with Gasteiger partial charge in [0.2, 0.25) is 12.2 Å². The van der Waals surface area contributed by atoms with Gasteiger partial charge in [0.25, 0.3) is 0 Å². The van der Waals surface area contributed by atoms with E-state index in [1.807, 2.05) is 13.0 Å². The molecule has 0 aliphatic carbocycles. The minimum atomic E-state index is -0.471. The lowest BCUT2D eigenvalue weighted by atomic mass is 10.2. The highest BCUT2D eigenvalue weighted by Gasteiger charge is 2.24. The summed E-state index contributed by atoms with van der Waals surface area (Å²) in [5.41, 5.74) is 2.26. The van der Waals surface area contributed by atoms with E-state index in [9.17, 15) is 4.79 Å². The summed E-state index contributed by atoms with van der Waals surface area (Å²) in [4.78, 5) is 15.3. The Kier molecular flexibility index (Phi) is 3.17. The third-order valence-electron chi connectivity index (χ3n) is 2.33. The first kappa shape index (κ1) is 11.0. The van der Waals surface area contributed by atoms with E-state index in [-0.39, 0.29) is 5.91 Å². The fourth-order valence-corrected chi connectivity index (χ4v) is 1.61. The van der Waals surface area contributed by atoms with Gasteiger partial charge in [0.15, 0.2) is 0 Å². The van der Waals surface area contributed by atoms with Gasteiger partial charge in [-0.05, 0) is 18.6 Å². The number of carbonyl (C=O) groups is 1. The van der Waals surface area contributed by atoms with Crippen LogP contribution in [0.1, 0.15) is 24.5 Å². The van der Waals surface area contributed by atoms with E-state index in [2.05, 4.69) is 10.3 Å². The molecule has 2 rings (SSSR count). The number of nitrogens with zero attached hydrogens (tertiary/aromatic N) is 1. The Morgan fingerprint density at radius 1 is 1.50 bits per heavy atom. The standard InChI is InChI=1S/C11H14N2O3/c1-7-3-4-12-10(9(7)13-8(2)14)11-15-5-6-16-11/h3-4,11H,5-6H2,1-2H3,(H,13,14). The minimum absolute atomic E-state index is 0.129. The van der Waals surface area contributed by atoms with Crippen LogP contribution in [0, 0.1) is 6.92 Å². The van der Waals surface area contributed by atoms with E-state index in [0.717, 1.165) is 5.56 Å². The predicted molar refractivity (Wildman–Crippen MR) is 57.9 cm³/mol. The van der Waals surface area contributed by atoms with Gasteiger partial charge in [-0.15, -0.1) is 0 Å². The average molecular weight is 222 g/mol. The Bertz CT molecular complexity index is 400. The van der Waals surface area contributed by atoms with Crippen LogP contribution in [0.4, 0.5) is 5.69 Å². The van der Waals surface area contributed by atoms with Crippen LogP contribution in [0.2, 0.25) is 0 Å². The molecule has 5 heteroatoms. The van der Waals surface area contributed by atoms with Crippen molar-refractivity contribution in [1.29, 1.82) is 0 Å². The molecule has 1 aliphatic heterocycles. The van der Waals surface area contributed by atoms with Crippen LogP contribution < -0.4 is 5.32 Å². The molecule has 2 heterocycles. The van der Waals surface area contributed by atoms with E-state index in [4.69, 9.17) is 9.47 Å². The van der Waals surface area contributed by atoms with Gasteiger partial charge in [0, 0.05) is 13.1 Å². The zero-order valence-electron chi connectivity index (χ0n) is 9.32. The number of carbonyl (C=O) groups excluding carboxylic acids is 1. The maximum atomic E-state index is 11.1. The second-order valence-corrected chi connectivity index (χ2v) is 3.64. The van der Waals surface area contributed by atoms with Crippen molar-refractivity contribution in [2.75, 3.05) is 18.5 Å². The highest BCUT2D eigenvalue weighted by atomic mass is 16.7. The number of hydrogen-bond donors (Lipinski definition) is 1. The Balaban J connectivity index is 2.34. The number of pyridine rings is 1. The van der Waals surface area contributed by atoms with Crippen LogP contribution >= 0.6 is 0 Å². The number of amides is 1. The molecule has 5 nitrogen and oxygen atoms in total. The molecule has 1 N–H and O–H groups in total. The van der Waals surface area contributed by atoms with Crippen molar-refractivity contribution in [3.05, 3.63) is 23.5 Å². The molecule has 16 heavy (non-hydrogen) atoms. The van der Waals surface area contributed by atoms with Gasteiger partial charge in [-0.3, -0.25) is 9.78 Å². The van der Waals surface area contributed by atoms with E-state index in [1.54, 1.807) is 6.20 Å². The van der Waals surface area contributed by atoms with Gasteiger partial charge in [0.05, 0.1) is 18.9 Å². The number of aromatic nitrogens is 1. The topological polar surface area (TPSA) is 60.5 Å². The Hall–Kier alpha value is -1.46. The molecule has 1 aromatic heterocycles.